The molecule has 1 atom stereocenters. The Hall–Kier alpha value is -2.08. The molecule has 1 rings (SSSR count). The van der Waals surface area contributed by atoms with Crippen LogP contribution in [0.5, 0.6) is 5.75 Å². The number of aliphatic hydroxyl groups is 1. The van der Waals surface area contributed by atoms with Gasteiger partial charge in [-0.25, -0.2) is 4.79 Å². The highest BCUT2D eigenvalue weighted by Gasteiger charge is 2.19. The largest absolute Gasteiger partial charge is 0.494 e. The van der Waals surface area contributed by atoms with E-state index in [9.17, 15) is 9.59 Å². The van der Waals surface area contributed by atoms with Crippen molar-refractivity contribution in [3.63, 3.8) is 0 Å². The van der Waals surface area contributed by atoms with Crippen LogP contribution < -0.4 is 10.1 Å². The molecule has 6 nitrogen and oxygen atoms in total. The van der Waals surface area contributed by atoms with E-state index in [1.165, 1.54) is 0 Å². The Labute approximate surface area is 111 Å². The molecule has 1 aromatic rings. The van der Waals surface area contributed by atoms with Crippen LogP contribution in [0.25, 0.3) is 0 Å². The number of ether oxygens (including phenoxy) is 1. The van der Waals surface area contributed by atoms with Crippen LogP contribution in [-0.2, 0) is 4.79 Å². The Balaban J connectivity index is 2.68. The molecule has 0 radical (unpaired) electrons. The molecule has 1 aromatic carbocycles. The molecule has 0 saturated carbocycles. The van der Waals surface area contributed by atoms with E-state index in [2.05, 4.69) is 5.32 Å². The number of rotatable bonds is 7. The van der Waals surface area contributed by atoms with Gasteiger partial charge in [-0.15, -0.1) is 0 Å². The molecule has 1 amide bonds. The van der Waals surface area contributed by atoms with Crippen LogP contribution in [0.2, 0.25) is 0 Å². The van der Waals surface area contributed by atoms with Gasteiger partial charge in [0, 0.05) is 18.6 Å². The number of hydrogen-bond donors (Lipinski definition) is 3. The van der Waals surface area contributed by atoms with Gasteiger partial charge in [-0.2, -0.15) is 0 Å². The van der Waals surface area contributed by atoms with Gasteiger partial charge in [0.25, 0.3) is 5.91 Å². The number of nitrogens with one attached hydrogen (secondary N) is 1. The first-order valence-corrected chi connectivity index (χ1v) is 5.95. The zero-order chi connectivity index (χ0) is 14.3. The molecule has 0 aromatic heterocycles. The Kier molecular flexibility index (Phi) is 5.81. The second-order valence-electron chi connectivity index (χ2n) is 3.83. The average Bonchev–Trinajstić information content (AvgIpc) is 2.39. The first-order valence-electron chi connectivity index (χ1n) is 5.95. The van der Waals surface area contributed by atoms with Crippen molar-refractivity contribution in [3.05, 3.63) is 29.8 Å². The van der Waals surface area contributed by atoms with E-state index in [4.69, 9.17) is 14.9 Å². The predicted octanol–water partition coefficient (Wildman–Crippen LogP) is 0.651. The Bertz CT molecular complexity index is 429. The molecule has 0 aliphatic carbocycles. The van der Waals surface area contributed by atoms with E-state index in [1.807, 2.05) is 6.92 Å². The third-order valence-corrected chi connectivity index (χ3v) is 2.45. The Morgan fingerprint density at radius 1 is 1.32 bits per heavy atom. The smallest absolute Gasteiger partial charge is 0.326 e. The number of aliphatic carboxylic acids is 1. The Morgan fingerprint density at radius 3 is 2.42 bits per heavy atom. The lowest BCUT2D eigenvalue weighted by molar-refractivity contribution is -0.139. The van der Waals surface area contributed by atoms with Gasteiger partial charge in [0.05, 0.1) is 6.61 Å². The number of carbonyl (C=O) groups is 2. The van der Waals surface area contributed by atoms with Crippen LogP contribution in [0.4, 0.5) is 0 Å². The monoisotopic (exact) mass is 267 g/mol. The van der Waals surface area contributed by atoms with Crippen molar-refractivity contribution >= 4 is 11.9 Å². The first kappa shape index (κ1) is 15.0. The van der Waals surface area contributed by atoms with E-state index >= 15 is 0 Å². The normalized spacial score (nSPS) is 11.7. The first-order chi connectivity index (χ1) is 9.08. The highest BCUT2D eigenvalue weighted by molar-refractivity contribution is 5.96. The summed E-state index contributed by atoms with van der Waals surface area (Å²) >= 11 is 0. The van der Waals surface area contributed by atoms with Gasteiger partial charge in [0.2, 0.25) is 0 Å². The summed E-state index contributed by atoms with van der Waals surface area (Å²) < 4.78 is 5.24. The second kappa shape index (κ2) is 7.38. The molecule has 0 aliphatic rings. The zero-order valence-electron chi connectivity index (χ0n) is 10.6. The molecule has 6 heteroatoms. The maximum absolute atomic E-state index is 11.8. The lowest BCUT2D eigenvalue weighted by Gasteiger charge is -2.13. The minimum absolute atomic E-state index is 0.0297. The van der Waals surface area contributed by atoms with Crippen molar-refractivity contribution < 1.29 is 24.5 Å². The Morgan fingerprint density at radius 2 is 1.95 bits per heavy atom. The molecule has 0 heterocycles. The van der Waals surface area contributed by atoms with Crippen molar-refractivity contribution in [1.29, 1.82) is 0 Å². The minimum atomic E-state index is -1.17. The minimum Gasteiger partial charge on any atom is -0.494 e. The molecule has 0 aliphatic heterocycles. The number of benzene rings is 1. The maximum Gasteiger partial charge on any atom is 0.326 e. The van der Waals surface area contributed by atoms with Gasteiger partial charge in [-0.3, -0.25) is 4.79 Å². The SMILES string of the molecule is CCOc1ccc(C(=O)N[C@H](CCO)C(=O)O)cc1. The molecule has 0 saturated heterocycles. The molecule has 19 heavy (non-hydrogen) atoms. The fourth-order valence-electron chi connectivity index (χ4n) is 1.50. The lowest BCUT2D eigenvalue weighted by Crippen LogP contribution is -2.41. The van der Waals surface area contributed by atoms with Crippen molar-refractivity contribution in [3.8, 4) is 5.75 Å². The summed E-state index contributed by atoms with van der Waals surface area (Å²) in [6.45, 7) is 2.08. The van der Waals surface area contributed by atoms with Gasteiger partial charge >= 0.3 is 5.97 Å². The summed E-state index contributed by atoms with van der Waals surface area (Å²) in [6, 6.07) is 5.29. The van der Waals surface area contributed by atoms with Crippen LogP contribution in [0.3, 0.4) is 0 Å². The zero-order valence-corrected chi connectivity index (χ0v) is 10.6. The van der Waals surface area contributed by atoms with Crippen molar-refractivity contribution in [1.82, 2.24) is 5.32 Å². The summed E-state index contributed by atoms with van der Waals surface area (Å²) in [5.41, 5.74) is 0.340. The van der Waals surface area contributed by atoms with E-state index in [0.717, 1.165) is 0 Å². The quantitative estimate of drug-likeness (QED) is 0.674. The summed E-state index contributed by atoms with van der Waals surface area (Å²) in [4.78, 5) is 22.7. The van der Waals surface area contributed by atoms with Gasteiger partial charge in [0.15, 0.2) is 0 Å². The molecule has 0 bridgehead atoms. The molecule has 0 fully saturated rings. The standard InChI is InChI=1S/C13H17NO5/c1-2-19-10-5-3-9(4-6-10)12(16)14-11(7-8-15)13(17)18/h3-6,11,15H,2,7-8H2,1H3,(H,14,16)(H,17,18)/t11-/m1/s1. The van der Waals surface area contributed by atoms with E-state index in [-0.39, 0.29) is 13.0 Å². The van der Waals surface area contributed by atoms with Gasteiger partial charge in [-0.05, 0) is 31.2 Å². The summed E-state index contributed by atoms with van der Waals surface area (Å²) in [6.07, 6.45) is -0.0297. The van der Waals surface area contributed by atoms with E-state index < -0.39 is 17.9 Å². The lowest BCUT2D eigenvalue weighted by atomic mass is 10.1. The average molecular weight is 267 g/mol. The number of carboxylic acid groups (broad SMARTS) is 1. The van der Waals surface area contributed by atoms with Crippen LogP contribution in [0, 0.1) is 0 Å². The second-order valence-corrected chi connectivity index (χ2v) is 3.83. The van der Waals surface area contributed by atoms with Crippen molar-refractivity contribution in [2.24, 2.45) is 0 Å². The number of aliphatic hydroxyl groups excluding tert-OH is 1. The van der Waals surface area contributed by atoms with Crippen LogP contribution in [-0.4, -0.2) is 41.3 Å². The van der Waals surface area contributed by atoms with Crippen molar-refractivity contribution in [2.45, 2.75) is 19.4 Å². The number of amides is 1. The summed E-state index contributed by atoms with van der Waals surface area (Å²) in [5.74, 6) is -1.03. The maximum atomic E-state index is 11.8. The third-order valence-electron chi connectivity index (χ3n) is 2.45. The topological polar surface area (TPSA) is 95.9 Å². The molecular weight excluding hydrogens is 250 g/mol. The van der Waals surface area contributed by atoms with Crippen LogP contribution in [0.1, 0.15) is 23.7 Å². The van der Waals surface area contributed by atoms with Gasteiger partial charge in [-0.1, -0.05) is 0 Å². The van der Waals surface area contributed by atoms with Gasteiger partial charge in [0.1, 0.15) is 11.8 Å². The fourth-order valence-corrected chi connectivity index (χ4v) is 1.50. The summed E-state index contributed by atoms with van der Waals surface area (Å²) in [5, 5.41) is 19.9. The number of carboxylic acids is 1. The predicted molar refractivity (Wildman–Crippen MR) is 68.2 cm³/mol. The van der Waals surface area contributed by atoms with Crippen LogP contribution in [0.15, 0.2) is 24.3 Å². The van der Waals surface area contributed by atoms with E-state index in [0.29, 0.717) is 17.9 Å². The number of carbonyl (C=O) groups excluding carboxylic acids is 1. The molecule has 0 unspecified atom stereocenters. The highest BCUT2D eigenvalue weighted by Crippen LogP contribution is 2.12. The van der Waals surface area contributed by atoms with Crippen molar-refractivity contribution in [2.75, 3.05) is 13.2 Å². The van der Waals surface area contributed by atoms with E-state index in [1.54, 1.807) is 24.3 Å². The van der Waals surface area contributed by atoms with Crippen LogP contribution >= 0.6 is 0 Å². The summed E-state index contributed by atoms with van der Waals surface area (Å²) in [7, 11) is 0. The molecule has 3 N–H and O–H groups in total. The fraction of sp³-hybridized carbons (Fsp3) is 0.385. The highest BCUT2D eigenvalue weighted by atomic mass is 16.5. The molecule has 0 spiro atoms. The third kappa shape index (κ3) is 4.59. The van der Waals surface area contributed by atoms with Gasteiger partial charge < -0.3 is 20.3 Å². The molecular formula is C13H17NO5. The molecule has 104 valence electrons. The number of hydrogen-bond acceptors (Lipinski definition) is 4.